The fourth-order valence-electron chi connectivity index (χ4n) is 0.596. The molecule has 2 nitrogen and oxygen atoms in total. The number of hydrogen-bond acceptors (Lipinski definition) is 2. The van der Waals surface area contributed by atoms with E-state index in [9.17, 15) is 13.2 Å². The van der Waals surface area contributed by atoms with Crippen LogP contribution in [0.25, 0.3) is 0 Å². The number of anilines is 1. The molecule has 66 valence electrons. The van der Waals surface area contributed by atoms with Crippen molar-refractivity contribution in [3.63, 3.8) is 0 Å². The minimum atomic E-state index is -5.07. The molecule has 12 heavy (non-hydrogen) atoms. The number of alkyl halides is 3. The molecule has 2 N–H and O–H groups in total. The maximum absolute atomic E-state index is 12.6. The largest absolute Gasteiger partial charge is 0.418 e. The zero-order chi connectivity index (χ0) is 13.6. The molecule has 1 aromatic rings. The summed E-state index contributed by atoms with van der Waals surface area (Å²) in [4.78, 5) is 3.00. The Balaban J connectivity index is 3.76. The number of nitrogens with two attached hydrogens (primary N) is 1. The van der Waals surface area contributed by atoms with Gasteiger partial charge in [-0.1, -0.05) is 0 Å². The molecular weight excluding hydrogens is 169 g/mol. The van der Waals surface area contributed by atoms with Gasteiger partial charge in [-0.05, 0) is 18.5 Å². The molecule has 0 atom stereocenters. The summed E-state index contributed by atoms with van der Waals surface area (Å²) < 4.78 is 73.1. The zero-order valence-corrected chi connectivity index (χ0v) is 5.66. The molecule has 0 saturated carbocycles. The van der Waals surface area contributed by atoms with Crippen molar-refractivity contribution in [1.29, 1.82) is 0 Å². The van der Waals surface area contributed by atoms with Crippen LogP contribution in [-0.2, 0) is 6.18 Å². The van der Waals surface area contributed by atoms with Gasteiger partial charge < -0.3 is 5.73 Å². The van der Waals surface area contributed by atoms with Crippen LogP contribution in [0.4, 0.5) is 19.0 Å². The Morgan fingerprint density at radius 1 is 1.67 bits per heavy atom. The van der Waals surface area contributed by atoms with Gasteiger partial charge in [-0.25, -0.2) is 4.98 Å². The standard InChI is InChI=1S/C7H7F3N2/c1-4-2-6(11)12-3-5(4)7(8,9)10/h2-3H,1H3,(H2,11,12)/i1D3,2D,3D. The monoisotopic (exact) mass is 181 g/mol. The van der Waals surface area contributed by atoms with Crippen LogP contribution in [0.5, 0.6) is 0 Å². The molecule has 0 bridgehead atoms. The van der Waals surface area contributed by atoms with Crippen LogP contribution in [0.3, 0.4) is 0 Å². The van der Waals surface area contributed by atoms with Gasteiger partial charge in [0, 0.05) is 10.3 Å². The first-order chi connectivity index (χ1) is 7.46. The number of nitrogen functional groups attached to an aromatic ring is 1. The molecule has 0 saturated heterocycles. The van der Waals surface area contributed by atoms with E-state index in [4.69, 9.17) is 12.6 Å². The summed E-state index contributed by atoms with van der Waals surface area (Å²) in [5.74, 6) is -0.714. The predicted octanol–water partition coefficient (Wildman–Crippen LogP) is 1.99. The second kappa shape index (κ2) is 2.66. The van der Waals surface area contributed by atoms with Gasteiger partial charge >= 0.3 is 6.18 Å². The van der Waals surface area contributed by atoms with Crippen LogP contribution in [-0.4, -0.2) is 4.98 Å². The first kappa shape index (κ1) is 4.11. The Kier molecular flexibility index (Phi) is 0.910. The molecule has 0 amide bonds. The summed E-state index contributed by atoms with van der Waals surface area (Å²) in [5, 5.41) is 0. The van der Waals surface area contributed by atoms with E-state index in [0.717, 1.165) is 0 Å². The number of aromatic nitrogens is 1. The Bertz CT molecular complexity index is 454. The van der Waals surface area contributed by atoms with Gasteiger partial charge in [-0.2, -0.15) is 13.2 Å². The van der Waals surface area contributed by atoms with Crippen molar-refractivity contribution in [2.24, 2.45) is 0 Å². The molecule has 1 aromatic heterocycles. The highest BCUT2D eigenvalue weighted by Crippen LogP contribution is 2.31. The lowest BCUT2D eigenvalue weighted by Gasteiger charge is -2.08. The van der Waals surface area contributed by atoms with Crippen molar-refractivity contribution in [2.45, 2.75) is 13.0 Å². The van der Waals surface area contributed by atoms with E-state index in [-0.39, 0.29) is 0 Å². The van der Waals surface area contributed by atoms with Crippen molar-refractivity contribution in [3.05, 3.63) is 23.3 Å². The van der Waals surface area contributed by atoms with E-state index in [0.29, 0.717) is 0 Å². The first-order valence-electron chi connectivity index (χ1n) is 5.30. The van der Waals surface area contributed by atoms with Crippen LogP contribution >= 0.6 is 0 Å². The molecule has 0 aromatic carbocycles. The molecule has 1 heterocycles. The Morgan fingerprint density at radius 3 is 2.83 bits per heavy atom. The van der Waals surface area contributed by atoms with Crippen LogP contribution < -0.4 is 5.73 Å². The maximum atomic E-state index is 12.6. The summed E-state index contributed by atoms with van der Waals surface area (Å²) in [6.07, 6.45) is -6.37. The zero-order valence-electron chi connectivity index (χ0n) is 10.7. The van der Waals surface area contributed by atoms with Gasteiger partial charge in [0.2, 0.25) is 0 Å². The average molecular weight is 181 g/mol. The van der Waals surface area contributed by atoms with Crippen molar-refractivity contribution in [2.75, 3.05) is 5.73 Å². The van der Waals surface area contributed by atoms with Crippen LogP contribution in [0, 0.1) is 6.85 Å². The third-order valence-corrected chi connectivity index (χ3v) is 1.07. The number of pyridine rings is 1. The van der Waals surface area contributed by atoms with E-state index in [1.807, 2.05) is 0 Å². The topological polar surface area (TPSA) is 38.9 Å². The Morgan fingerprint density at radius 2 is 2.33 bits per heavy atom. The third-order valence-electron chi connectivity index (χ3n) is 1.07. The van der Waals surface area contributed by atoms with Crippen molar-refractivity contribution in [3.8, 4) is 0 Å². The molecular formula is C7H7F3N2. The number of rotatable bonds is 0. The number of hydrogen-bond donors (Lipinski definition) is 1. The summed E-state index contributed by atoms with van der Waals surface area (Å²) in [5.41, 5.74) is 2.07. The molecule has 1 rings (SSSR count). The SMILES string of the molecule is [2H]c1nc(N)c([2H])c(C([2H])([2H])[2H])c1C(F)(F)F. The van der Waals surface area contributed by atoms with Crippen LogP contribution in [0.2, 0.25) is 0 Å². The number of halogens is 3. The minimum Gasteiger partial charge on any atom is -0.384 e. The summed E-state index contributed by atoms with van der Waals surface area (Å²) in [6, 6.07) is -1.02. The van der Waals surface area contributed by atoms with Crippen molar-refractivity contribution in [1.82, 2.24) is 4.98 Å². The fourth-order valence-corrected chi connectivity index (χ4v) is 0.596. The summed E-state index contributed by atoms with van der Waals surface area (Å²) >= 11 is 0. The molecule has 5 heteroatoms. The van der Waals surface area contributed by atoms with Gasteiger partial charge in [0.1, 0.15) is 5.82 Å². The summed E-state index contributed by atoms with van der Waals surface area (Å²) in [7, 11) is 0. The lowest BCUT2D eigenvalue weighted by molar-refractivity contribution is -0.138. The maximum Gasteiger partial charge on any atom is 0.418 e. The lowest BCUT2D eigenvalue weighted by atomic mass is 10.1. The van der Waals surface area contributed by atoms with E-state index in [1.54, 1.807) is 0 Å². The van der Waals surface area contributed by atoms with Gasteiger partial charge in [0.25, 0.3) is 0 Å². The quantitative estimate of drug-likeness (QED) is 0.664. The minimum absolute atomic E-state index is 0.714. The van der Waals surface area contributed by atoms with E-state index in [1.165, 1.54) is 0 Å². The van der Waals surface area contributed by atoms with E-state index in [2.05, 4.69) is 4.98 Å². The van der Waals surface area contributed by atoms with Gasteiger partial charge in [0.05, 0.1) is 8.30 Å². The van der Waals surface area contributed by atoms with Gasteiger partial charge in [-0.3, -0.25) is 0 Å². The fraction of sp³-hybridized carbons (Fsp3) is 0.286. The molecule has 0 aliphatic heterocycles. The highest BCUT2D eigenvalue weighted by Gasteiger charge is 2.32. The second-order valence-electron chi connectivity index (χ2n) is 1.98. The molecule has 0 aliphatic carbocycles. The van der Waals surface area contributed by atoms with Crippen LogP contribution in [0.1, 0.15) is 18.0 Å². The lowest BCUT2D eigenvalue weighted by Crippen LogP contribution is -2.08. The average Bonchev–Trinajstić information content (AvgIpc) is 2.06. The van der Waals surface area contributed by atoms with E-state index >= 15 is 0 Å². The highest BCUT2D eigenvalue weighted by atomic mass is 19.4. The Hall–Kier alpha value is -1.26. The molecule has 0 spiro atoms. The smallest absolute Gasteiger partial charge is 0.384 e. The molecule has 0 aliphatic rings. The van der Waals surface area contributed by atoms with Crippen molar-refractivity contribution < 1.29 is 20.0 Å². The van der Waals surface area contributed by atoms with Gasteiger partial charge in [-0.15, -0.1) is 0 Å². The highest BCUT2D eigenvalue weighted by molar-refractivity contribution is 5.37. The molecule has 0 unspecified atom stereocenters. The van der Waals surface area contributed by atoms with Crippen molar-refractivity contribution >= 4 is 5.82 Å². The predicted molar refractivity (Wildman–Crippen MR) is 38.4 cm³/mol. The molecule has 0 radical (unpaired) electrons. The second-order valence-corrected chi connectivity index (χ2v) is 1.98. The van der Waals surface area contributed by atoms with E-state index < -0.39 is 42.2 Å². The Labute approximate surface area is 74.2 Å². The molecule has 0 fully saturated rings. The third kappa shape index (κ3) is 1.66. The first-order valence-corrected chi connectivity index (χ1v) is 2.80. The number of nitrogens with zero attached hydrogens (tertiary/aromatic N) is 1. The van der Waals surface area contributed by atoms with Gasteiger partial charge in [0.15, 0.2) is 0 Å². The van der Waals surface area contributed by atoms with Crippen LogP contribution in [0.15, 0.2) is 12.2 Å². The summed E-state index contributed by atoms with van der Waals surface area (Å²) in [6.45, 7) is -3.19. The normalized spacial score (nSPS) is 18.8.